The van der Waals surface area contributed by atoms with Gasteiger partial charge in [0.2, 0.25) is 5.95 Å². The summed E-state index contributed by atoms with van der Waals surface area (Å²) in [7, 11) is 0. The third-order valence-corrected chi connectivity index (χ3v) is 10.3. The molecule has 0 fully saturated rings. The Morgan fingerprint density at radius 2 is 0.870 bits per heavy atom. The predicted octanol–water partition coefficient (Wildman–Crippen LogP) is 11.0. The zero-order chi connectivity index (χ0) is 35.6. The second kappa shape index (κ2) is 12.0. The van der Waals surface area contributed by atoms with Gasteiger partial charge >= 0.3 is 0 Å². The van der Waals surface area contributed by atoms with E-state index in [1.54, 1.807) is 12.4 Å². The molecular formula is C47H29N7. The molecule has 0 aliphatic heterocycles. The molecule has 0 atom stereocenters. The van der Waals surface area contributed by atoms with Crippen LogP contribution < -0.4 is 0 Å². The maximum absolute atomic E-state index is 5.01. The number of para-hydroxylation sites is 2. The molecule has 11 rings (SSSR count). The molecule has 0 saturated carbocycles. The summed E-state index contributed by atoms with van der Waals surface area (Å²) < 4.78 is 4.50. The van der Waals surface area contributed by atoms with Crippen molar-refractivity contribution in [1.29, 1.82) is 0 Å². The average Bonchev–Trinajstić information content (AvgIpc) is 3.76. The molecule has 7 heteroatoms. The van der Waals surface area contributed by atoms with Crippen LogP contribution in [-0.2, 0) is 0 Å². The number of fused-ring (bicyclic) bond motifs is 7. The lowest BCUT2D eigenvalue weighted by Gasteiger charge is -2.11. The summed E-state index contributed by atoms with van der Waals surface area (Å²) in [5, 5.41) is 7.13. The summed E-state index contributed by atoms with van der Waals surface area (Å²) >= 11 is 0. The largest absolute Gasteiger partial charge is 0.309 e. The zero-order valence-electron chi connectivity index (χ0n) is 28.9. The Kier molecular flexibility index (Phi) is 6.72. The van der Waals surface area contributed by atoms with Gasteiger partial charge < -0.3 is 4.57 Å². The Balaban J connectivity index is 1.09. The molecule has 6 aromatic carbocycles. The Morgan fingerprint density at radius 1 is 0.352 bits per heavy atom. The van der Waals surface area contributed by atoms with Gasteiger partial charge in [0.25, 0.3) is 0 Å². The highest BCUT2D eigenvalue weighted by molar-refractivity contribution is 6.12. The van der Waals surface area contributed by atoms with E-state index in [9.17, 15) is 0 Å². The Labute approximate surface area is 309 Å². The van der Waals surface area contributed by atoms with Crippen molar-refractivity contribution in [1.82, 2.24) is 34.1 Å². The molecule has 0 N–H and O–H groups in total. The van der Waals surface area contributed by atoms with Crippen molar-refractivity contribution in [3.05, 3.63) is 176 Å². The Morgan fingerprint density at radius 3 is 1.48 bits per heavy atom. The summed E-state index contributed by atoms with van der Waals surface area (Å²) in [4.78, 5) is 24.0. The van der Waals surface area contributed by atoms with E-state index in [-0.39, 0.29) is 0 Å². The van der Waals surface area contributed by atoms with Crippen molar-refractivity contribution in [3.63, 3.8) is 0 Å². The Bertz CT molecular complexity index is 3160. The standard InChI is InChI=1S/C47H29N7/c1-2-12-31-27-34(22-19-30(31)11-1)53-41-17-5-3-13-35(41)37-28-32(20-23-43(37)53)33-21-24-44-38(29-33)36-14-4-6-18-42(36)54(44)47-51-45(39-15-7-9-25-48-39)50-46(52-47)40-16-8-10-26-49-40/h1-29H. The van der Waals surface area contributed by atoms with Gasteiger partial charge in [-0.3, -0.25) is 14.5 Å². The molecular weight excluding hydrogens is 663 g/mol. The second-order valence-corrected chi connectivity index (χ2v) is 13.4. The number of benzene rings is 6. The van der Waals surface area contributed by atoms with Gasteiger partial charge in [-0.15, -0.1) is 0 Å². The van der Waals surface area contributed by atoms with Crippen LogP contribution in [0.1, 0.15) is 0 Å². The zero-order valence-corrected chi connectivity index (χ0v) is 28.9. The minimum absolute atomic E-state index is 0.486. The number of hydrogen-bond acceptors (Lipinski definition) is 5. The van der Waals surface area contributed by atoms with Gasteiger partial charge in [0.15, 0.2) is 11.6 Å². The van der Waals surface area contributed by atoms with E-state index in [2.05, 4.69) is 146 Å². The number of aromatic nitrogens is 7. The van der Waals surface area contributed by atoms with Crippen LogP contribution in [0, 0.1) is 0 Å². The van der Waals surface area contributed by atoms with E-state index in [4.69, 9.17) is 15.0 Å². The highest BCUT2D eigenvalue weighted by Gasteiger charge is 2.20. The van der Waals surface area contributed by atoms with Crippen molar-refractivity contribution in [2.75, 3.05) is 0 Å². The van der Waals surface area contributed by atoms with Gasteiger partial charge in [-0.25, -0.2) is 4.98 Å². The average molecular weight is 692 g/mol. The second-order valence-electron chi connectivity index (χ2n) is 13.4. The molecule has 0 amide bonds. The number of nitrogens with zero attached hydrogens (tertiary/aromatic N) is 7. The molecule has 0 radical (unpaired) electrons. The summed E-state index contributed by atoms with van der Waals surface area (Å²) in [6, 6.07) is 57.3. The minimum Gasteiger partial charge on any atom is -0.309 e. The van der Waals surface area contributed by atoms with Gasteiger partial charge in [0.05, 0.1) is 22.1 Å². The summed E-state index contributed by atoms with van der Waals surface area (Å²) in [5.74, 6) is 1.48. The van der Waals surface area contributed by atoms with Gasteiger partial charge in [-0.2, -0.15) is 9.97 Å². The fourth-order valence-electron chi connectivity index (χ4n) is 7.80. The van der Waals surface area contributed by atoms with Gasteiger partial charge in [0.1, 0.15) is 11.4 Å². The van der Waals surface area contributed by atoms with Crippen LogP contribution in [0.25, 0.3) is 100 Å². The van der Waals surface area contributed by atoms with Crippen LogP contribution in [0.15, 0.2) is 176 Å². The molecule has 5 heterocycles. The Hall–Kier alpha value is -7.51. The third kappa shape index (κ3) is 4.79. The van der Waals surface area contributed by atoms with Gasteiger partial charge in [0, 0.05) is 39.6 Å². The first-order valence-corrected chi connectivity index (χ1v) is 17.9. The van der Waals surface area contributed by atoms with Gasteiger partial charge in [-0.05, 0) is 94.7 Å². The minimum atomic E-state index is 0.486. The molecule has 54 heavy (non-hydrogen) atoms. The summed E-state index contributed by atoms with van der Waals surface area (Å²) in [6.07, 6.45) is 3.50. The highest BCUT2D eigenvalue weighted by atomic mass is 15.2. The van der Waals surface area contributed by atoms with Crippen LogP contribution in [-0.4, -0.2) is 34.1 Å². The SMILES string of the molecule is c1ccc(-c2nc(-c3ccccn3)nc(-n3c4ccccc4c4cc(-c5ccc6c(c5)c5ccccc5n6-c5ccc6ccccc6c5)ccc43)n2)nc1. The first-order valence-electron chi connectivity index (χ1n) is 17.9. The van der Waals surface area contributed by atoms with Crippen molar-refractivity contribution in [3.8, 4) is 45.8 Å². The van der Waals surface area contributed by atoms with E-state index < -0.39 is 0 Å². The monoisotopic (exact) mass is 691 g/mol. The molecule has 11 aromatic rings. The summed E-state index contributed by atoms with van der Waals surface area (Å²) in [6.45, 7) is 0. The fraction of sp³-hybridized carbons (Fsp3) is 0. The molecule has 252 valence electrons. The molecule has 0 aliphatic rings. The highest BCUT2D eigenvalue weighted by Crippen LogP contribution is 2.38. The lowest BCUT2D eigenvalue weighted by Crippen LogP contribution is -2.07. The van der Waals surface area contributed by atoms with E-state index >= 15 is 0 Å². The van der Waals surface area contributed by atoms with Crippen molar-refractivity contribution in [2.45, 2.75) is 0 Å². The maximum Gasteiger partial charge on any atom is 0.238 e. The maximum atomic E-state index is 5.01. The first kappa shape index (κ1) is 30.1. The van der Waals surface area contributed by atoms with Crippen LogP contribution >= 0.6 is 0 Å². The fourth-order valence-corrected chi connectivity index (χ4v) is 7.80. The first-order chi connectivity index (χ1) is 26.8. The van der Waals surface area contributed by atoms with Crippen molar-refractivity contribution in [2.24, 2.45) is 0 Å². The van der Waals surface area contributed by atoms with E-state index in [0.717, 1.165) is 38.6 Å². The van der Waals surface area contributed by atoms with E-state index in [1.807, 2.05) is 36.4 Å². The van der Waals surface area contributed by atoms with Crippen LogP contribution in [0.3, 0.4) is 0 Å². The molecule has 0 bridgehead atoms. The normalized spacial score (nSPS) is 11.7. The van der Waals surface area contributed by atoms with Crippen molar-refractivity contribution < 1.29 is 0 Å². The quantitative estimate of drug-likeness (QED) is 0.180. The number of hydrogen-bond donors (Lipinski definition) is 0. The molecule has 0 aliphatic carbocycles. The summed E-state index contributed by atoms with van der Waals surface area (Å²) in [5.41, 5.74) is 9.13. The third-order valence-electron chi connectivity index (χ3n) is 10.3. The van der Waals surface area contributed by atoms with Crippen molar-refractivity contribution >= 4 is 54.4 Å². The molecule has 7 nitrogen and oxygen atoms in total. The van der Waals surface area contributed by atoms with E-state index in [1.165, 1.54) is 32.6 Å². The molecule has 0 saturated heterocycles. The number of pyridine rings is 2. The lowest BCUT2D eigenvalue weighted by molar-refractivity contribution is 0.943. The van der Waals surface area contributed by atoms with E-state index in [0.29, 0.717) is 29.0 Å². The van der Waals surface area contributed by atoms with Crippen LogP contribution in [0.2, 0.25) is 0 Å². The molecule has 5 aromatic heterocycles. The predicted molar refractivity (Wildman–Crippen MR) is 218 cm³/mol. The molecule has 0 unspecified atom stereocenters. The smallest absolute Gasteiger partial charge is 0.238 e. The topological polar surface area (TPSA) is 74.3 Å². The molecule has 0 spiro atoms. The lowest BCUT2D eigenvalue weighted by atomic mass is 10.0. The van der Waals surface area contributed by atoms with Crippen LogP contribution in [0.4, 0.5) is 0 Å². The van der Waals surface area contributed by atoms with Crippen LogP contribution in [0.5, 0.6) is 0 Å². The van der Waals surface area contributed by atoms with Gasteiger partial charge in [-0.1, -0.05) is 91.0 Å². The number of rotatable bonds is 5.